The van der Waals surface area contributed by atoms with E-state index in [1.165, 1.54) is 7.11 Å². The third-order valence-corrected chi connectivity index (χ3v) is 4.29. The van der Waals surface area contributed by atoms with Gasteiger partial charge in [0.05, 0.1) is 47.1 Å². The molecule has 0 fully saturated rings. The van der Waals surface area contributed by atoms with E-state index in [0.29, 0.717) is 23.8 Å². The molecule has 0 spiro atoms. The van der Waals surface area contributed by atoms with Crippen LogP contribution in [0.5, 0.6) is 23.0 Å². The fourth-order valence-corrected chi connectivity index (χ4v) is 2.92. The zero-order valence-electron chi connectivity index (χ0n) is 16.6. The Balaban J connectivity index is 2.11. The number of nitrogens with zero attached hydrogens (tertiary/aromatic N) is 1. The number of aromatic nitrogens is 1. The summed E-state index contributed by atoms with van der Waals surface area (Å²) in [5, 5.41) is 2.89. The molecule has 2 rings (SSSR count). The summed E-state index contributed by atoms with van der Waals surface area (Å²) in [6.07, 6.45) is 1.92. The maximum absolute atomic E-state index is 12.4. The van der Waals surface area contributed by atoms with E-state index >= 15 is 0 Å². The van der Waals surface area contributed by atoms with E-state index in [-0.39, 0.29) is 12.3 Å². The highest BCUT2D eigenvalue weighted by molar-refractivity contribution is 5.79. The van der Waals surface area contributed by atoms with Crippen LogP contribution in [0.2, 0.25) is 0 Å². The Morgan fingerprint density at radius 3 is 2.07 bits per heavy atom. The second-order valence-electron chi connectivity index (χ2n) is 6.03. The molecule has 0 saturated heterocycles. The SMILES string of the molecule is COc1cc(CC(=O)NCc2ncc(C)c(OC)c2C)cc(OC)c1OC. The minimum absolute atomic E-state index is 0.134. The molecule has 0 aliphatic heterocycles. The summed E-state index contributed by atoms with van der Waals surface area (Å²) in [6.45, 7) is 4.19. The highest BCUT2D eigenvalue weighted by Gasteiger charge is 2.15. The maximum Gasteiger partial charge on any atom is 0.224 e. The predicted molar refractivity (Wildman–Crippen MR) is 102 cm³/mol. The van der Waals surface area contributed by atoms with E-state index in [2.05, 4.69) is 10.3 Å². The summed E-state index contributed by atoms with van der Waals surface area (Å²) >= 11 is 0. The number of pyridine rings is 1. The summed E-state index contributed by atoms with van der Waals surface area (Å²) < 4.78 is 21.3. The summed E-state index contributed by atoms with van der Waals surface area (Å²) in [5.41, 5.74) is 3.41. The lowest BCUT2D eigenvalue weighted by molar-refractivity contribution is -0.120. The highest BCUT2D eigenvalue weighted by Crippen LogP contribution is 2.38. The van der Waals surface area contributed by atoms with Crippen molar-refractivity contribution in [3.8, 4) is 23.0 Å². The van der Waals surface area contributed by atoms with Crippen LogP contribution in [0.15, 0.2) is 18.3 Å². The Kier molecular flexibility index (Phi) is 6.87. The average molecular weight is 374 g/mol. The number of ether oxygens (including phenoxy) is 4. The number of nitrogens with one attached hydrogen (secondary N) is 1. The number of carbonyl (C=O) groups excluding carboxylic acids is 1. The molecule has 1 aromatic heterocycles. The molecule has 1 heterocycles. The van der Waals surface area contributed by atoms with Crippen molar-refractivity contribution in [3.05, 3.63) is 40.7 Å². The third-order valence-electron chi connectivity index (χ3n) is 4.29. The van der Waals surface area contributed by atoms with Crippen LogP contribution in [0.25, 0.3) is 0 Å². The molecule has 7 nitrogen and oxygen atoms in total. The van der Waals surface area contributed by atoms with Crippen molar-refractivity contribution in [2.45, 2.75) is 26.8 Å². The van der Waals surface area contributed by atoms with Crippen LogP contribution >= 0.6 is 0 Å². The fraction of sp³-hybridized carbons (Fsp3) is 0.400. The van der Waals surface area contributed by atoms with E-state index in [4.69, 9.17) is 18.9 Å². The van der Waals surface area contributed by atoms with E-state index in [1.54, 1.807) is 39.7 Å². The van der Waals surface area contributed by atoms with E-state index in [0.717, 1.165) is 28.1 Å². The normalized spacial score (nSPS) is 10.3. The van der Waals surface area contributed by atoms with Crippen molar-refractivity contribution in [2.24, 2.45) is 0 Å². The minimum atomic E-state index is -0.134. The Morgan fingerprint density at radius 1 is 0.963 bits per heavy atom. The van der Waals surface area contributed by atoms with E-state index in [9.17, 15) is 4.79 Å². The standard InChI is InChI=1S/C20H26N2O5/c1-12-10-21-15(13(2)19(12)26-5)11-22-18(23)9-14-7-16(24-3)20(27-6)17(8-14)25-4/h7-8,10H,9,11H2,1-6H3,(H,22,23). The second kappa shape index (κ2) is 9.12. The lowest BCUT2D eigenvalue weighted by Gasteiger charge is -2.15. The van der Waals surface area contributed by atoms with Crippen LogP contribution in [-0.4, -0.2) is 39.3 Å². The van der Waals surface area contributed by atoms with Crippen LogP contribution in [0.1, 0.15) is 22.4 Å². The van der Waals surface area contributed by atoms with Gasteiger partial charge in [0.15, 0.2) is 11.5 Å². The molecule has 1 aromatic carbocycles. The number of hydrogen-bond acceptors (Lipinski definition) is 6. The van der Waals surface area contributed by atoms with Crippen LogP contribution in [0, 0.1) is 13.8 Å². The molecular weight excluding hydrogens is 348 g/mol. The molecule has 0 aliphatic carbocycles. The molecule has 1 amide bonds. The van der Waals surface area contributed by atoms with Crippen LogP contribution < -0.4 is 24.3 Å². The Labute approximate surface area is 159 Å². The maximum atomic E-state index is 12.4. The molecule has 0 saturated carbocycles. The van der Waals surface area contributed by atoms with Gasteiger partial charge in [-0.05, 0) is 31.5 Å². The number of benzene rings is 1. The summed E-state index contributed by atoms with van der Waals surface area (Å²) in [4.78, 5) is 16.8. The third kappa shape index (κ3) is 4.61. The lowest BCUT2D eigenvalue weighted by atomic mass is 10.1. The van der Waals surface area contributed by atoms with Gasteiger partial charge in [-0.1, -0.05) is 0 Å². The molecule has 0 bridgehead atoms. The topological polar surface area (TPSA) is 78.9 Å². The van der Waals surface area contributed by atoms with Crippen molar-refractivity contribution in [3.63, 3.8) is 0 Å². The predicted octanol–water partition coefficient (Wildman–Crippen LogP) is 2.59. The molecular formula is C20H26N2O5. The van der Waals surface area contributed by atoms with E-state index < -0.39 is 0 Å². The number of methoxy groups -OCH3 is 4. The van der Waals surface area contributed by atoms with Gasteiger partial charge in [-0.2, -0.15) is 0 Å². The largest absolute Gasteiger partial charge is 0.496 e. The van der Waals surface area contributed by atoms with Crippen molar-refractivity contribution in [2.75, 3.05) is 28.4 Å². The molecule has 27 heavy (non-hydrogen) atoms. The number of amides is 1. The smallest absolute Gasteiger partial charge is 0.224 e. The fourth-order valence-electron chi connectivity index (χ4n) is 2.92. The minimum Gasteiger partial charge on any atom is -0.496 e. The zero-order chi connectivity index (χ0) is 20.0. The lowest BCUT2D eigenvalue weighted by Crippen LogP contribution is -2.25. The number of aryl methyl sites for hydroxylation is 1. The van der Waals surface area contributed by atoms with Gasteiger partial charge in [0.2, 0.25) is 11.7 Å². The first-order valence-electron chi connectivity index (χ1n) is 8.49. The van der Waals surface area contributed by atoms with Crippen molar-refractivity contribution < 1.29 is 23.7 Å². The number of carbonyl (C=O) groups is 1. The zero-order valence-corrected chi connectivity index (χ0v) is 16.6. The molecule has 1 N–H and O–H groups in total. The summed E-state index contributed by atoms with van der Waals surface area (Å²) in [7, 11) is 6.25. The van der Waals surface area contributed by atoms with Crippen LogP contribution in [-0.2, 0) is 17.8 Å². The van der Waals surface area contributed by atoms with Gasteiger partial charge in [0.25, 0.3) is 0 Å². The van der Waals surface area contributed by atoms with Gasteiger partial charge >= 0.3 is 0 Å². The molecule has 7 heteroatoms. The van der Waals surface area contributed by atoms with Gasteiger partial charge in [-0.25, -0.2) is 0 Å². The summed E-state index contributed by atoms with van der Waals surface area (Å²) in [6, 6.07) is 3.53. The first-order chi connectivity index (χ1) is 12.9. The molecule has 0 atom stereocenters. The van der Waals surface area contributed by atoms with Gasteiger partial charge in [0, 0.05) is 17.3 Å². The Bertz CT molecular complexity index is 795. The Morgan fingerprint density at radius 2 is 1.56 bits per heavy atom. The average Bonchev–Trinajstić information content (AvgIpc) is 2.66. The van der Waals surface area contributed by atoms with Crippen molar-refractivity contribution in [1.82, 2.24) is 10.3 Å². The molecule has 0 radical (unpaired) electrons. The summed E-state index contributed by atoms with van der Waals surface area (Å²) in [5.74, 6) is 2.18. The molecule has 146 valence electrons. The second-order valence-corrected chi connectivity index (χ2v) is 6.03. The number of hydrogen-bond donors (Lipinski definition) is 1. The first-order valence-corrected chi connectivity index (χ1v) is 8.49. The van der Waals surface area contributed by atoms with Gasteiger partial charge in [-0.15, -0.1) is 0 Å². The van der Waals surface area contributed by atoms with Crippen molar-refractivity contribution >= 4 is 5.91 Å². The van der Waals surface area contributed by atoms with Crippen LogP contribution in [0.4, 0.5) is 0 Å². The van der Waals surface area contributed by atoms with Gasteiger partial charge < -0.3 is 24.3 Å². The monoisotopic (exact) mass is 374 g/mol. The Hall–Kier alpha value is -2.96. The quantitative estimate of drug-likeness (QED) is 0.765. The van der Waals surface area contributed by atoms with Gasteiger partial charge in [-0.3, -0.25) is 9.78 Å². The van der Waals surface area contributed by atoms with Crippen molar-refractivity contribution in [1.29, 1.82) is 0 Å². The first kappa shape index (κ1) is 20.4. The van der Waals surface area contributed by atoms with Gasteiger partial charge in [0.1, 0.15) is 5.75 Å². The highest BCUT2D eigenvalue weighted by atomic mass is 16.5. The molecule has 2 aromatic rings. The molecule has 0 aliphatic rings. The number of rotatable bonds is 8. The van der Waals surface area contributed by atoms with Crippen LogP contribution in [0.3, 0.4) is 0 Å². The van der Waals surface area contributed by atoms with E-state index in [1.807, 2.05) is 13.8 Å². The molecule has 0 unspecified atom stereocenters.